The van der Waals surface area contributed by atoms with E-state index in [2.05, 4.69) is 4.99 Å². The number of hydrogen-bond donors (Lipinski definition) is 0. The molecule has 0 spiro atoms. The van der Waals surface area contributed by atoms with E-state index in [-0.39, 0.29) is 33.8 Å². The molecule has 4 heterocycles. The smallest absolute Gasteiger partial charge is 0.338 e. The van der Waals surface area contributed by atoms with E-state index in [1.54, 1.807) is 62.4 Å². The SMILES string of the molecule is CCOC(=O)C1=C(C)N=c2s/c(=C\c3ccc(-c4ccc([N+](=O)[O-])cc4)o3)c(=O)n2[C@H]1c1ccc(-c2cccc([N+](=O)[O-])c2)o1. The minimum absolute atomic E-state index is 0.0487. The number of fused-ring (bicyclic) bond motifs is 1. The number of allylic oxidation sites excluding steroid dienone is 1. The van der Waals surface area contributed by atoms with E-state index in [9.17, 15) is 29.8 Å². The summed E-state index contributed by atoms with van der Waals surface area (Å²) in [5.41, 5.74) is 0.909. The van der Waals surface area contributed by atoms with Crippen LogP contribution in [0.1, 0.15) is 31.4 Å². The molecule has 1 aliphatic heterocycles. The summed E-state index contributed by atoms with van der Waals surface area (Å²) in [4.78, 5) is 53.2. The van der Waals surface area contributed by atoms with Crippen LogP contribution in [-0.4, -0.2) is 27.0 Å². The maximum absolute atomic E-state index is 13.9. The number of furan rings is 2. The highest BCUT2D eigenvalue weighted by Crippen LogP contribution is 2.35. The van der Waals surface area contributed by atoms with E-state index in [0.29, 0.717) is 38.9 Å². The lowest BCUT2D eigenvalue weighted by Gasteiger charge is -2.22. The fourth-order valence-corrected chi connectivity index (χ4v) is 5.98. The predicted octanol–water partition coefficient (Wildman–Crippen LogP) is 5.13. The number of carbonyl (C=O) groups is 1. The van der Waals surface area contributed by atoms with Crippen LogP contribution in [0.25, 0.3) is 28.7 Å². The summed E-state index contributed by atoms with van der Waals surface area (Å²) in [5, 5.41) is 22.3. The first kappa shape index (κ1) is 29.2. The predicted molar refractivity (Wildman–Crippen MR) is 162 cm³/mol. The van der Waals surface area contributed by atoms with Gasteiger partial charge in [0.05, 0.1) is 32.3 Å². The molecule has 1 aliphatic rings. The molecule has 0 N–H and O–H groups in total. The summed E-state index contributed by atoms with van der Waals surface area (Å²) in [6.07, 6.45) is 1.55. The van der Waals surface area contributed by atoms with Crippen molar-refractivity contribution in [3.63, 3.8) is 0 Å². The summed E-state index contributed by atoms with van der Waals surface area (Å²) < 4.78 is 19.0. The molecule has 0 saturated heterocycles. The quantitative estimate of drug-likeness (QED) is 0.128. The standard InChI is InChI=1S/C31H22N4O9S/c1-3-42-30(37)27-17(2)32-31-33(28(27)25-14-13-24(44-25)19-5-4-6-21(15-19)35(40)41)29(36)26(45-31)16-22-11-12-23(43-22)18-7-9-20(10-8-18)34(38)39/h4-16,28H,3H2,1-2H3/b26-16-/t28-/m0/s1. The molecule has 0 fully saturated rings. The maximum Gasteiger partial charge on any atom is 0.338 e. The average Bonchev–Trinajstić information content (AvgIpc) is 3.77. The van der Waals surface area contributed by atoms with Crippen molar-refractivity contribution in [3.05, 3.63) is 136 Å². The number of nitro benzene ring substituents is 2. The van der Waals surface area contributed by atoms with Crippen LogP contribution in [0.4, 0.5) is 11.4 Å². The number of benzene rings is 2. The number of rotatable bonds is 8. The molecule has 13 nitrogen and oxygen atoms in total. The number of thiazole rings is 1. The molecule has 6 rings (SSSR count). The highest BCUT2D eigenvalue weighted by molar-refractivity contribution is 7.07. The van der Waals surface area contributed by atoms with Crippen molar-refractivity contribution < 1.29 is 28.2 Å². The van der Waals surface area contributed by atoms with Gasteiger partial charge in [-0.2, -0.15) is 0 Å². The summed E-state index contributed by atoms with van der Waals surface area (Å²) in [7, 11) is 0. The third kappa shape index (κ3) is 5.49. The minimum Gasteiger partial charge on any atom is -0.463 e. The Morgan fingerprint density at radius 1 is 0.978 bits per heavy atom. The Hall–Kier alpha value is -5.89. The third-order valence-corrected chi connectivity index (χ3v) is 8.00. The van der Waals surface area contributed by atoms with Gasteiger partial charge in [-0.15, -0.1) is 0 Å². The second-order valence-electron chi connectivity index (χ2n) is 9.82. The highest BCUT2D eigenvalue weighted by atomic mass is 32.1. The van der Waals surface area contributed by atoms with Crippen molar-refractivity contribution in [1.82, 2.24) is 4.57 Å². The minimum atomic E-state index is -1.03. The van der Waals surface area contributed by atoms with Crippen LogP contribution in [0.15, 0.2) is 103 Å². The molecule has 0 radical (unpaired) electrons. The number of hydrogen-bond acceptors (Lipinski definition) is 11. The van der Waals surface area contributed by atoms with Crippen LogP contribution in [0.5, 0.6) is 0 Å². The van der Waals surface area contributed by atoms with Crippen molar-refractivity contribution in [2.45, 2.75) is 19.9 Å². The monoisotopic (exact) mass is 626 g/mol. The van der Waals surface area contributed by atoms with Crippen LogP contribution >= 0.6 is 11.3 Å². The van der Waals surface area contributed by atoms with Gasteiger partial charge in [0, 0.05) is 41.5 Å². The zero-order valence-corrected chi connectivity index (χ0v) is 24.5. The van der Waals surface area contributed by atoms with Gasteiger partial charge in [0.2, 0.25) is 0 Å². The largest absolute Gasteiger partial charge is 0.463 e. The number of ether oxygens (including phenoxy) is 1. The van der Waals surface area contributed by atoms with Crippen LogP contribution in [-0.2, 0) is 9.53 Å². The van der Waals surface area contributed by atoms with Crippen molar-refractivity contribution in [2.75, 3.05) is 6.61 Å². The molecule has 0 saturated carbocycles. The Bertz CT molecular complexity index is 2200. The first-order chi connectivity index (χ1) is 21.6. The van der Waals surface area contributed by atoms with Crippen LogP contribution in [0, 0.1) is 20.2 Å². The normalized spacial score (nSPS) is 14.6. The van der Waals surface area contributed by atoms with E-state index in [1.165, 1.54) is 34.9 Å². The zero-order chi connectivity index (χ0) is 31.8. The molecule has 0 aliphatic carbocycles. The van der Waals surface area contributed by atoms with Crippen LogP contribution < -0.4 is 14.9 Å². The molecule has 3 aromatic heterocycles. The number of non-ortho nitro benzene ring substituents is 2. The fraction of sp³-hybridized carbons (Fsp3) is 0.129. The average molecular weight is 627 g/mol. The molecule has 45 heavy (non-hydrogen) atoms. The molecule has 0 amide bonds. The van der Waals surface area contributed by atoms with Crippen molar-refractivity contribution in [3.8, 4) is 22.6 Å². The summed E-state index contributed by atoms with van der Waals surface area (Å²) >= 11 is 1.09. The Labute approximate surface area is 256 Å². The molecular weight excluding hydrogens is 604 g/mol. The number of nitro groups is 2. The highest BCUT2D eigenvalue weighted by Gasteiger charge is 2.35. The van der Waals surface area contributed by atoms with Crippen LogP contribution in [0.2, 0.25) is 0 Å². The molecule has 226 valence electrons. The Morgan fingerprint density at radius 2 is 1.69 bits per heavy atom. The lowest BCUT2D eigenvalue weighted by atomic mass is 10.0. The van der Waals surface area contributed by atoms with Crippen molar-refractivity contribution in [1.29, 1.82) is 0 Å². The fourth-order valence-electron chi connectivity index (χ4n) is 4.95. The number of nitrogens with zero attached hydrogens (tertiary/aromatic N) is 4. The molecule has 0 bridgehead atoms. The van der Waals surface area contributed by atoms with Gasteiger partial charge in [0.25, 0.3) is 16.9 Å². The summed E-state index contributed by atoms with van der Waals surface area (Å²) in [5.74, 6) is 0.692. The van der Waals surface area contributed by atoms with Gasteiger partial charge in [-0.05, 0) is 50.2 Å². The van der Waals surface area contributed by atoms with E-state index < -0.39 is 27.4 Å². The number of carbonyl (C=O) groups excluding carboxylic acids is 1. The molecular formula is C31H22N4O9S. The van der Waals surface area contributed by atoms with E-state index in [1.807, 2.05) is 0 Å². The van der Waals surface area contributed by atoms with Gasteiger partial charge < -0.3 is 13.6 Å². The van der Waals surface area contributed by atoms with Crippen LogP contribution in [0.3, 0.4) is 0 Å². The molecule has 1 atom stereocenters. The van der Waals surface area contributed by atoms with Gasteiger partial charge in [-0.3, -0.25) is 29.6 Å². The van der Waals surface area contributed by atoms with Gasteiger partial charge in [0.15, 0.2) is 4.80 Å². The van der Waals surface area contributed by atoms with E-state index in [0.717, 1.165) is 11.3 Å². The Kier molecular flexibility index (Phi) is 7.56. The number of esters is 1. The maximum atomic E-state index is 13.9. The first-order valence-corrected chi connectivity index (χ1v) is 14.3. The van der Waals surface area contributed by atoms with E-state index in [4.69, 9.17) is 13.6 Å². The molecule has 14 heteroatoms. The lowest BCUT2D eigenvalue weighted by molar-refractivity contribution is -0.385. The molecule has 0 unspecified atom stereocenters. The first-order valence-electron chi connectivity index (χ1n) is 13.5. The zero-order valence-electron chi connectivity index (χ0n) is 23.7. The summed E-state index contributed by atoms with van der Waals surface area (Å²) in [6.45, 7) is 3.41. The summed E-state index contributed by atoms with van der Waals surface area (Å²) in [6, 6.07) is 17.4. The molecule has 2 aromatic carbocycles. The lowest BCUT2D eigenvalue weighted by Crippen LogP contribution is -2.39. The van der Waals surface area contributed by atoms with Crippen molar-refractivity contribution >= 4 is 34.8 Å². The van der Waals surface area contributed by atoms with Crippen molar-refractivity contribution in [2.24, 2.45) is 4.99 Å². The van der Waals surface area contributed by atoms with Gasteiger partial charge >= 0.3 is 5.97 Å². The second-order valence-corrected chi connectivity index (χ2v) is 10.8. The second kappa shape index (κ2) is 11.7. The van der Waals surface area contributed by atoms with E-state index >= 15 is 0 Å². The Morgan fingerprint density at radius 3 is 2.40 bits per heavy atom. The van der Waals surface area contributed by atoms with Gasteiger partial charge in [-0.1, -0.05) is 23.5 Å². The number of aromatic nitrogens is 1. The van der Waals surface area contributed by atoms with Gasteiger partial charge in [-0.25, -0.2) is 9.79 Å². The third-order valence-electron chi connectivity index (χ3n) is 7.02. The molecule has 5 aromatic rings. The topological polar surface area (TPSA) is 173 Å². The van der Waals surface area contributed by atoms with Gasteiger partial charge in [0.1, 0.15) is 29.1 Å². The Balaban J connectivity index is 1.43.